The Labute approximate surface area is 165 Å². The van der Waals surface area contributed by atoms with Crippen molar-refractivity contribution in [2.75, 3.05) is 6.54 Å². The molecule has 0 radical (unpaired) electrons. The van der Waals surface area contributed by atoms with Crippen molar-refractivity contribution in [2.45, 2.75) is 44.2 Å². The van der Waals surface area contributed by atoms with Gasteiger partial charge in [0.15, 0.2) is 0 Å². The van der Waals surface area contributed by atoms with Gasteiger partial charge in [-0.15, -0.1) is 0 Å². The number of carbonyl (C=O) groups is 2. The molecule has 2 amide bonds. The second kappa shape index (κ2) is 6.97. The Morgan fingerprint density at radius 3 is 2.61 bits per heavy atom. The highest BCUT2D eigenvalue weighted by molar-refractivity contribution is 5.97. The molecule has 2 fully saturated rings. The number of rotatable bonds is 3. The Hall–Kier alpha value is -2.82. The van der Waals surface area contributed by atoms with Crippen LogP contribution < -0.4 is 5.32 Å². The Bertz CT molecular complexity index is 898. The topological polar surface area (TPSA) is 69.6 Å². The molecule has 146 valence electrons. The van der Waals surface area contributed by atoms with E-state index in [1.54, 1.807) is 17.0 Å². The number of nitrogens with one attached hydrogen (secondary N) is 1. The summed E-state index contributed by atoms with van der Waals surface area (Å²) in [6.45, 7) is 4.78. The number of carbonyl (C=O) groups excluding carboxylic acids is 2. The number of nitrogens with zero attached hydrogens (tertiary/aromatic N) is 1. The molecule has 2 aliphatic heterocycles. The van der Waals surface area contributed by atoms with E-state index < -0.39 is 12.1 Å². The first-order valence-electron chi connectivity index (χ1n) is 9.83. The summed E-state index contributed by atoms with van der Waals surface area (Å²) < 4.78 is 0. The molecule has 0 aromatic heterocycles. The van der Waals surface area contributed by atoms with Crippen LogP contribution in [-0.4, -0.2) is 40.4 Å². The Kier molecular flexibility index (Phi) is 4.61. The first-order chi connectivity index (χ1) is 13.4. The SMILES string of the molecule is C[C@H]1CN2C(=O)[C@@H](Cc3ccccc3)NC(=O)[C@H]2C[C@@]1(C)c1cccc(O)c1. The Balaban J connectivity index is 1.58. The summed E-state index contributed by atoms with van der Waals surface area (Å²) >= 11 is 0. The maximum Gasteiger partial charge on any atom is 0.246 e. The first kappa shape index (κ1) is 18.5. The number of aromatic hydroxyl groups is 1. The van der Waals surface area contributed by atoms with Crippen molar-refractivity contribution in [3.63, 3.8) is 0 Å². The summed E-state index contributed by atoms with van der Waals surface area (Å²) in [5.74, 6) is 0.301. The van der Waals surface area contributed by atoms with Crippen molar-refractivity contribution in [3.8, 4) is 5.75 Å². The van der Waals surface area contributed by atoms with Crippen LogP contribution in [0.2, 0.25) is 0 Å². The summed E-state index contributed by atoms with van der Waals surface area (Å²) in [7, 11) is 0. The van der Waals surface area contributed by atoms with E-state index in [2.05, 4.69) is 19.2 Å². The van der Waals surface area contributed by atoms with Crippen molar-refractivity contribution >= 4 is 11.8 Å². The van der Waals surface area contributed by atoms with Gasteiger partial charge in [-0.2, -0.15) is 0 Å². The van der Waals surface area contributed by atoms with Crippen molar-refractivity contribution in [2.24, 2.45) is 5.92 Å². The summed E-state index contributed by atoms with van der Waals surface area (Å²) in [5, 5.41) is 12.9. The second-order valence-corrected chi connectivity index (χ2v) is 8.33. The number of amides is 2. The Morgan fingerprint density at radius 1 is 1.14 bits per heavy atom. The number of benzene rings is 2. The zero-order chi connectivity index (χ0) is 19.9. The molecule has 2 aromatic rings. The quantitative estimate of drug-likeness (QED) is 0.863. The number of piperazine rings is 1. The molecule has 2 saturated heterocycles. The third kappa shape index (κ3) is 3.15. The van der Waals surface area contributed by atoms with Crippen molar-refractivity contribution in [1.82, 2.24) is 10.2 Å². The molecular weight excluding hydrogens is 352 g/mol. The Morgan fingerprint density at radius 2 is 1.89 bits per heavy atom. The first-order valence-corrected chi connectivity index (χ1v) is 9.83. The highest BCUT2D eigenvalue weighted by Gasteiger charge is 2.50. The molecule has 4 atom stereocenters. The van der Waals surface area contributed by atoms with Crippen molar-refractivity contribution in [3.05, 3.63) is 65.7 Å². The highest BCUT2D eigenvalue weighted by atomic mass is 16.3. The molecule has 0 saturated carbocycles. The number of phenolic OH excluding ortho intramolecular Hbond substituents is 1. The van der Waals surface area contributed by atoms with Crippen LogP contribution in [0.1, 0.15) is 31.4 Å². The van der Waals surface area contributed by atoms with Gasteiger partial charge in [0.25, 0.3) is 0 Å². The third-order valence-corrected chi connectivity index (χ3v) is 6.54. The van der Waals surface area contributed by atoms with E-state index in [-0.39, 0.29) is 28.9 Å². The molecule has 0 aliphatic carbocycles. The minimum atomic E-state index is -0.511. The maximum absolute atomic E-state index is 13.1. The predicted octanol–water partition coefficient (Wildman–Crippen LogP) is 2.63. The van der Waals surface area contributed by atoms with Crippen LogP contribution in [-0.2, 0) is 21.4 Å². The molecule has 2 heterocycles. The average Bonchev–Trinajstić information content (AvgIpc) is 2.68. The van der Waals surface area contributed by atoms with Crippen LogP contribution in [0.4, 0.5) is 0 Å². The summed E-state index contributed by atoms with van der Waals surface area (Å²) in [4.78, 5) is 27.8. The molecule has 4 rings (SSSR count). The zero-order valence-corrected chi connectivity index (χ0v) is 16.3. The highest BCUT2D eigenvalue weighted by Crippen LogP contribution is 2.43. The van der Waals surface area contributed by atoms with E-state index >= 15 is 0 Å². The second-order valence-electron chi connectivity index (χ2n) is 8.33. The largest absolute Gasteiger partial charge is 0.508 e. The summed E-state index contributed by atoms with van der Waals surface area (Å²) in [5.41, 5.74) is 1.75. The smallest absolute Gasteiger partial charge is 0.246 e. The van der Waals surface area contributed by atoms with E-state index in [1.165, 1.54) is 0 Å². The fourth-order valence-corrected chi connectivity index (χ4v) is 4.60. The van der Waals surface area contributed by atoms with E-state index in [0.29, 0.717) is 19.4 Å². The van der Waals surface area contributed by atoms with E-state index in [1.807, 2.05) is 42.5 Å². The molecule has 2 aliphatic rings. The minimum absolute atomic E-state index is 0.00161. The fourth-order valence-electron chi connectivity index (χ4n) is 4.60. The normalized spacial score (nSPS) is 29.9. The summed E-state index contributed by atoms with van der Waals surface area (Å²) in [6.07, 6.45) is 1.06. The van der Waals surface area contributed by atoms with Crippen LogP contribution in [0.15, 0.2) is 54.6 Å². The number of phenols is 1. The lowest BCUT2D eigenvalue weighted by molar-refractivity contribution is -0.154. The average molecular weight is 378 g/mol. The predicted molar refractivity (Wildman–Crippen MR) is 107 cm³/mol. The van der Waals surface area contributed by atoms with E-state index in [4.69, 9.17) is 0 Å². The molecule has 0 unspecified atom stereocenters. The monoisotopic (exact) mass is 378 g/mol. The van der Waals surface area contributed by atoms with Crippen LogP contribution in [0.3, 0.4) is 0 Å². The van der Waals surface area contributed by atoms with Crippen LogP contribution >= 0.6 is 0 Å². The number of piperidine rings is 1. The van der Waals surface area contributed by atoms with E-state index in [9.17, 15) is 14.7 Å². The van der Waals surface area contributed by atoms with Crippen LogP contribution in [0.25, 0.3) is 0 Å². The third-order valence-electron chi connectivity index (χ3n) is 6.54. The van der Waals surface area contributed by atoms with Gasteiger partial charge in [0.1, 0.15) is 17.8 Å². The van der Waals surface area contributed by atoms with Gasteiger partial charge in [-0.25, -0.2) is 0 Å². The van der Waals surface area contributed by atoms with Gasteiger partial charge < -0.3 is 15.3 Å². The number of hydrogen-bond donors (Lipinski definition) is 2. The van der Waals surface area contributed by atoms with Gasteiger partial charge in [-0.1, -0.05) is 56.3 Å². The van der Waals surface area contributed by atoms with Crippen molar-refractivity contribution < 1.29 is 14.7 Å². The van der Waals surface area contributed by atoms with E-state index in [0.717, 1.165) is 11.1 Å². The lowest BCUT2D eigenvalue weighted by Gasteiger charge is -2.51. The molecular formula is C23H26N2O3. The molecule has 0 bridgehead atoms. The standard InChI is InChI=1S/C23H26N2O3/c1-15-14-25-20(13-23(15,2)17-9-6-10-18(26)12-17)21(27)24-19(22(25)28)11-16-7-4-3-5-8-16/h3-10,12,15,19-20,26H,11,13-14H2,1-2H3,(H,24,27)/t15-,19+,20+,23+/m0/s1. The molecule has 0 spiro atoms. The van der Waals surface area contributed by atoms with Gasteiger partial charge in [0.2, 0.25) is 11.8 Å². The lowest BCUT2D eigenvalue weighted by Crippen LogP contribution is -2.68. The molecule has 5 nitrogen and oxygen atoms in total. The summed E-state index contributed by atoms with van der Waals surface area (Å²) in [6, 6.07) is 16.0. The molecule has 2 N–H and O–H groups in total. The fraction of sp³-hybridized carbons (Fsp3) is 0.391. The molecule has 28 heavy (non-hydrogen) atoms. The van der Waals surface area contributed by atoms with Gasteiger partial charge in [0.05, 0.1) is 0 Å². The van der Waals surface area contributed by atoms with Gasteiger partial charge >= 0.3 is 0 Å². The van der Waals surface area contributed by atoms with Gasteiger partial charge in [-0.3, -0.25) is 9.59 Å². The minimum Gasteiger partial charge on any atom is -0.508 e. The van der Waals surface area contributed by atoms with Crippen LogP contribution in [0.5, 0.6) is 5.75 Å². The van der Waals surface area contributed by atoms with Gasteiger partial charge in [0, 0.05) is 13.0 Å². The lowest BCUT2D eigenvalue weighted by atomic mass is 9.65. The van der Waals surface area contributed by atoms with Crippen LogP contribution in [0, 0.1) is 5.92 Å². The van der Waals surface area contributed by atoms with Gasteiger partial charge in [-0.05, 0) is 41.0 Å². The zero-order valence-electron chi connectivity index (χ0n) is 16.3. The number of hydrogen-bond acceptors (Lipinski definition) is 3. The molecule has 5 heteroatoms. The maximum atomic E-state index is 13.1. The number of fused-ring (bicyclic) bond motifs is 1. The van der Waals surface area contributed by atoms with Crippen molar-refractivity contribution in [1.29, 1.82) is 0 Å². The molecule has 2 aromatic carbocycles.